The average Bonchev–Trinajstić information content (AvgIpc) is 2.43. The van der Waals surface area contributed by atoms with Gasteiger partial charge < -0.3 is 15.3 Å². The lowest BCUT2D eigenvalue weighted by atomic mass is 9.92. The standard InChI is InChI=1S/C15H23NO3/c1-10(12-6-4-3-5-7-12)8-16-9-13(17)15(19)14(18)11(16)2/h3-7,10-11,13-15,17-19H,8-9H2,1-2H3/t10-,11-,13+,14-,15-/m1/s1. The Morgan fingerprint density at radius 2 is 1.79 bits per heavy atom. The molecular weight excluding hydrogens is 242 g/mol. The van der Waals surface area contributed by atoms with Crippen LogP contribution in [-0.2, 0) is 0 Å². The van der Waals surface area contributed by atoms with Gasteiger partial charge in [0.2, 0.25) is 0 Å². The van der Waals surface area contributed by atoms with Crippen molar-refractivity contribution in [3.8, 4) is 0 Å². The molecule has 106 valence electrons. The summed E-state index contributed by atoms with van der Waals surface area (Å²) >= 11 is 0. The molecule has 1 heterocycles. The van der Waals surface area contributed by atoms with Crippen molar-refractivity contribution in [2.75, 3.05) is 13.1 Å². The van der Waals surface area contributed by atoms with Crippen LogP contribution in [0.4, 0.5) is 0 Å². The molecule has 1 aliphatic rings. The molecule has 1 aromatic carbocycles. The molecule has 4 heteroatoms. The topological polar surface area (TPSA) is 63.9 Å². The molecule has 0 bridgehead atoms. The summed E-state index contributed by atoms with van der Waals surface area (Å²) in [5.74, 6) is 0.318. The first-order chi connectivity index (χ1) is 9.00. The Morgan fingerprint density at radius 3 is 2.42 bits per heavy atom. The van der Waals surface area contributed by atoms with Gasteiger partial charge in [-0.15, -0.1) is 0 Å². The summed E-state index contributed by atoms with van der Waals surface area (Å²) in [5.41, 5.74) is 1.24. The van der Waals surface area contributed by atoms with Crippen molar-refractivity contribution in [2.24, 2.45) is 0 Å². The maximum absolute atomic E-state index is 9.92. The number of rotatable bonds is 3. The zero-order chi connectivity index (χ0) is 14.0. The predicted octanol–water partition coefficient (Wildman–Crippen LogP) is 0.577. The van der Waals surface area contributed by atoms with E-state index in [0.717, 1.165) is 6.54 Å². The lowest BCUT2D eigenvalue weighted by molar-refractivity contribution is -0.133. The molecular formula is C15H23NO3. The number of β-amino-alcohol motifs (C(OH)–C–C–N with tert-alkyl or cyclic N) is 1. The second kappa shape index (κ2) is 6.01. The van der Waals surface area contributed by atoms with Gasteiger partial charge in [-0.25, -0.2) is 0 Å². The largest absolute Gasteiger partial charge is 0.389 e. The highest BCUT2D eigenvalue weighted by Gasteiger charge is 2.39. The summed E-state index contributed by atoms with van der Waals surface area (Å²) in [4.78, 5) is 2.04. The molecule has 0 amide bonds. The van der Waals surface area contributed by atoms with Crippen LogP contribution in [0.3, 0.4) is 0 Å². The smallest absolute Gasteiger partial charge is 0.108 e. The van der Waals surface area contributed by atoms with Gasteiger partial charge in [-0.3, -0.25) is 4.90 Å². The molecule has 1 aliphatic heterocycles. The fraction of sp³-hybridized carbons (Fsp3) is 0.600. The molecule has 0 spiro atoms. The summed E-state index contributed by atoms with van der Waals surface area (Å²) in [6, 6.07) is 10.0. The maximum Gasteiger partial charge on any atom is 0.108 e. The second-order valence-electron chi connectivity index (χ2n) is 5.55. The van der Waals surface area contributed by atoms with Gasteiger partial charge in [-0.1, -0.05) is 37.3 Å². The number of nitrogens with zero attached hydrogens (tertiary/aromatic N) is 1. The predicted molar refractivity (Wildman–Crippen MR) is 73.9 cm³/mol. The minimum atomic E-state index is -1.04. The van der Waals surface area contributed by atoms with E-state index in [2.05, 4.69) is 19.1 Å². The van der Waals surface area contributed by atoms with E-state index in [9.17, 15) is 15.3 Å². The van der Waals surface area contributed by atoms with Gasteiger partial charge in [0.25, 0.3) is 0 Å². The summed E-state index contributed by atoms with van der Waals surface area (Å²) in [5, 5.41) is 29.3. The van der Waals surface area contributed by atoms with Crippen LogP contribution in [0.2, 0.25) is 0 Å². The van der Waals surface area contributed by atoms with Crippen LogP contribution in [0.15, 0.2) is 30.3 Å². The molecule has 5 atom stereocenters. The van der Waals surface area contributed by atoms with Gasteiger partial charge in [0.15, 0.2) is 0 Å². The molecule has 0 radical (unpaired) electrons. The van der Waals surface area contributed by atoms with Crippen molar-refractivity contribution in [1.82, 2.24) is 4.90 Å². The third-order valence-electron chi connectivity index (χ3n) is 4.11. The van der Waals surface area contributed by atoms with Crippen molar-refractivity contribution in [2.45, 2.75) is 44.1 Å². The molecule has 1 fully saturated rings. The maximum atomic E-state index is 9.92. The normalized spacial score (nSPS) is 34.2. The van der Waals surface area contributed by atoms with Crippen LogP contribution in [-0.4, -0.2) is 57.7 Å². The van der Waals surface area contributed by atoms with E-state index in [4.69, 9.17) is 0 Å². The molecule has 1 aromatic rings. The third kappa shape index (κ3) is 3.15. The first-order valence-electron chi connectivity index (χ1n) is 6.84. The van der Waals surface area contributed by atoms with Gasteiger partial charge in [-0.05, 0) is 18.4 Å². The lowest BCUT2D eigenvalue weighted by Crippen LogP contribution is -2.60. The highest BCUT2D eigenvalue weighted by Crippen LogP contribution is 2.23. The minimum Gasteiger partial charge on any atom is -0.389 e. The Labute approximate surface area is 114 Å². The van der Waals surface area contributed by atoms with Gasteiger partial charge in [0.1, 0.15) is 6.10 Å². The van der Waals surface area contributed by atoms with Crippen molar-refractivity contribution in [3.05, 3.63) is 35.9 Å². The SMILES string of the molecule is C[C@H](CN1C[C@H](O)[C@@H](O)[C@H](O)[C@H]1C)c1ccccc1. The summed E-state index contributed by atoms with van der Waals surface area (Å²) in [6.45, 7) is 5.17. The summed E-state index contributed by atoms with van der Waals surface area (Å²) in [6.07, 6.45) is -2.82. The van der Waals surface area contributed by atoms with Gasteiger partial charge in [0, 0.05) is 19.1 Å². The highest BCUT2D eigenvalue weighted by molar-refractivity contribution is 5.19. The quantitative estimate of drug-likeness (QED) is 0.748. The van der Waals surface area contributed by atoms with E-state index in [1.54, 1.807) is 0 Å². The number of likely N-dealkylation sites (tertiary alicyclic amines) is 1. The van der Waals surface area contributed by atoms with Crippen molar-refractivity contribution in [3.63, 3.8) is 0 Å². The second-order valence-corrected chi connectivity index (χ2v) is 5.55. The molecule has 2 rings (SSSR count). The Morgan fingerprint density at radius 1 is 1.16 bits per heavy atom. The monoisotopic (exact) mass is 265 g/mol. The van der Waals surface area contributed by atoms with Crippen LogP contribution in [0.25, 0.3) is 0 Å². The number of hydrogen-bond donors (Lipinski definition) is 3. The molecule has 1 saturated heterocycles. The molecule has 0 saturated carbocycles. The van der Waals surface area contributed by atoms with Gasteiger partial charge in [-0.2, -0.15) is 0 Å². The zero-order valence-corrected chi connectivity index (χ0v) is 11.5. The molecule has 0 unspecified atom stereocenters. The van der Waals surface area contributed by atoms with E-state index in [0.29, 0.717) is 12.5 Å². The van der Waals surface area contributed by atoms with Crippen molar-refractivity contribution < 1.29 is 15.3 Å². The number of piperidine rings is 1. The number of aliphatic hydroxyl groups excluding tert-OH is 3. The van der Waals surface area contributed by atoms with Crippen LogP contribution in [0.5, 0.6) is 0 Å². The summed E-state index contributed by atoms with van der Waals surface area (Å²) in [7, 11) is 0. The number of hydrogen-bond acceptors (Lipinski definition) is 4. The number of aliphatic hydroxyl groups is 3. The van der Waals surface area contributed by atoms with Gasteiger partial charge >= 0.3 is 0 Å². The Bertz CT molecular complexity index is 398. The first-order valence-corrected chi connectivity index (χ1v) is 6.84. The van der Waals surface area contributed by atoms with Crippen LogP contribution < -0.4 is 0 Å². The van der Waals surface area contributed by atoms with Crippen LogP contribution in [0.1, 0.15) is 25.3 Å². The van der Waals surface area contributed by atoms with E-state index >= 15 is 0 Å². The Kier molecular flexibility index (Phi) is 4.58. The lowest BCUT2D eigenvalue weighted by Gasteiger charge is -2.43. The Hall–Kier alpha value is -0.940. The molecule has 4 nitrogen and oxygen atoms in total. The molecule has 3 N–H and O–H groups in total. The zero-order valence-electron chi connectivity index (χ0n) is 11.5. The Balaban J connectivity index is 2.02. The van der Waals surface area contributed by atoms with Gasteiger partial charge in [0.05, 0.1) is 12.2 Å². The molecule has 19 heavy (non-hydrogen) atoms. The first kappa shape index (κ1) is 14.5. The fourth-order valence-corrected chi connectivity index (χ4v) is 2.72. The molecule has 0 aliphatic carbocycles. The fourth-order valence-electron chi connectivity index (χ4n) is 2.72. The molecule has 0 aromatic heterocycles. The van der Waals surface area contributed by atoms with Crippen molar-refractivity contribution >= 4 is 0 Å². The number of benzene rings is 1. The van der Waals surface area contributed by atoms with Crippen LogP contribution in [0, 0.1) is 0 Å². The van der Waals surface area contributed by atoms with E-state index in [-0.39, 0.29) is 6.04 Å². The van der Waals surface area contributed by atoms with Crippen LogP contribution >= 0.6 is 0 Å². The van der Waals surface area contributed by atoms with E-state index < -0.39 is 18.3 Å². The third-order valence-corrected chi connectivity index (χ3v) is 4.11. The minimum absolute atomic E-state index is 0.149. The average molecular weight is 265 g/mol. The highest BCUT2D eigenvalue weighted by atomic mass is 16.4. The van der Waals surface area contributed by atoms with E-state index in [1.807, 2.05) is 30.0 Å². The summed E-state index contributed by atoms with van der Waals surface area (Å²) < 4.78 is 0. The van der Waals surface area contributed by atoms with E-state index in [1.165, 1.54) is 5.56 Å². The van der Waals surface area contributed by atoms with Crippen molar-refractivity contribution in [1.29, 1.82) is 0 Å².